The van der Waals surface area contributed by atoms with Crippen LogP contribution in [0.4, 0.5) is 5.69 Å². The molecule has 20 heavy (non-hydrogen) atoms. The molecule has 1 aliphatic heterocycles. The first kappa shape index (κ1) is 15.1. The van der Waals surface area contributed by atoms with E-state index in [0.717, 1.165) is 4.31 Å². The molecule has 1 atom stereocenters. The van der Waals surface area contributed by atoms with Crippen molar-refractivity contribution in [3.63, 3.8) is 0 Å². The zero-order chi connectivity index (χ0) is 14.8. The van der Waals surface area contributed by atoms with E-state index in [1.165, 1.54) is 6.07 Å². The van der Waals surface area contributed by atoms with Gasteiger partial charge < -0.3 is 5.11 Å². The van der Waals surface area contributed by atoms with Crippen LogP contribution in [0.15, 0.2) is 24.3 Å². The van der Waals surface area contributed by atoms with Crippen molar-refractivity contribution >= 4 is 33.5 Å². The number of carboxylic acids is 1. The third-order valence-corrected chi connectivity index (χ3v) is 4.88. The number of anilines is 1. The van der Waals surface area contributed by atoms with E-state index < -0.39 is 22.1 Å². The number of carboxylic acid groups (broad SMARTS) is 1. The van der Waals surface area contributed by atoms with E-state index in [9.17, 15) is 13.2 Å². The van der Waals surface area contributed by atoms with Crippen molar-refractivity contribution in [1.82, 2.24) is 4.31 Å². The van der Waals surface area contributed by atoms with E-state index in [4.69, 9.17) is 16.7 Å². The highest BCUT2D eigenvalue weighted by Gasteiger charge is 2.32. The highest BCUT2D eigenvalue weighted by molar-refractivity contribution is 7.90. The Balaban J connectivity index is 2.12. The van der Waals surface area contributed by atoms with Crippen LogP contribution in [0.1, 0.15) is 12.8 Å². The maximum absolute atomic E-state index is 12.2. The monoisotopic (exact) mass is 318 g/mol. The Labute approximate surface area is 122 Å². The second-order valence-corrected chi connectivity index (χ2v) is 6.76. The molecule has 2 rings (SSSR count). The van der Waals surface area contributed by atoms with Gasteiger partial charge in [0.2, 0.25) is 0 Å². The Hall–Kier alpha value is -1.31. The molecule has 0 aromatic heterocycles. The predicted molar refractivity (Wildman–Crippen MR) is 75.9 cm³/mol. The lowest BCUT2D eigenvalue weighted by molar-refractivity contribution is -0.142. The molecule has 1 saturated heterocycles. The molecule has 0 radical (unpaired) electrons. The first-order valence-electron chi connectivity index (χ1n) is 6.15. The van der Waals surface area contributed by atoms with Crippen molar-refractivity contribution < 1.29 is 18.3 Å². The summed E-state index contributed by atoms with van der Waals surface area (Å²) < 4.78 is 28.0. The fourth-order valence-corrected chi connectivity index (χ4v) is 3.62. The standard InChI is InChI=1S/C12H15ClN2O4S/c13-10-4-1-5-11(7-10)14-20(18,19)15-6-2-3-9(8-15)12(16)17/h1,4-5,7,9,14H,2-3,6,8H2,(H,16,17). The lowest BCUT2D eigenvalue weighted by Gasteiger charge is -2.29. The van der Waals surface area contributed by atoms with Gasteiger partial charge in [0.1, 0.15) is 0 Å². The van der Waals surface area contributed by atoms with Gasteiger partial charge in [0.05, 0.1) is 11.6 Å². The number of nitrogens with zero attached hydrogens (tertiary/aromatic N) is 1. The molecule has 110 valence electrons. The fourth-order valence-electron chi connectivity index (χ4n) is 2.13. The molecule has 1 fully saturated rings. The molecule has 2 N–H and O–H groups in total. The molecule has 1 aromatic carbocycles. The van der Waals surface area contributed by atoms with E-state index in [0.29, 0.717) is 30.1 Å². The maximum atomic E-state index is 12.2. The molecule has 0 aliphatic carbocycles. The van der Waals surface area contributed by atoms with Gasteiger partial charge >= 0.3 is 16.2 Å². The molecule has 0 spiro atoms. The van der Waals surface area contributed by atoms with Crippen LogP contribution in [0, 0.1) is 5.92 Å². The van der Waals surface area contributed by atoms with Gasteiger partial charge in [-0.3, -0.25) is 9.52 Å². The number of halogens is 1. The minimum Gasteiger partial charge on any atom is -0.481 e. The predicted octanol–water partition coefficient (Wildman–Crippen LogP) is 1.79. The average Bonchev–Trinajstić information content (AvgIpc) is 2.38. The minimum atomic E-state index is -3.76. The van der Waals surface area contributed by atoms with Crippen molar-refractivity contribution in [2.75, 3.05) is 17.8 Å². The fraction of sp³-hybridized carbons (Fsp3) is 0.417. The number of carbonyl (C=O) groups is 1. The number of benzene rings is 1. The highest BCUT2D eigenvalue weighted by atomic mass is 35.5. The molecule has 6 nitrogen and oxygen atoms in total. The van der Waals surface area contributed by atoms with Gasteiger partial charge in [-0.15, -0.1) is 0 Å². The summed E-state index contributed by atoms with van der Waals surface area (Å²) in [7, 11) is -3.76. The second-order valence-electron chi connectivity index (χ2n) is 4.65. The van der Waals surface area contributed by atoms with Gasteiger partial charge in [-0.05, 0) is 31.0 Å². The number of hydrogen-bond acceptors (Lipinski definition) is 3. The summed E-state index contributed by atoms with van der Waals surface area (Å²) in [6.45, 7) is 0.310. The van der Waals surface area contributed by atoms with Gasteiger partial charge in [0.25, 0.3) is 0 Å². The molecule has 0 bridgehead atoms. The summed E-state index contributed by atoms with van der Waals surface area (Å²) in [6.07, 6.45) is 1.03. The maximum Gasteiger partial charge on any atom is 0.307 e. The van der Waals surface area contributed by atoms with Gasteiger partial charge in [0.15, 0.2) is 0 Å². The molecular weight excluding hydrogens is 304 g/mol. The van der Waals surface area contributed by atoms with Crippen LogP contribution in [0.5, 0.6) is 0 Å². The van der Waals surface area contributed by atoms with Gasteiger partial charge in [-0.1, -0.05) is 17.7 Å². The zero-order valence-electron chi connectivity index (χ0n) is 10.6. The van der Waals surface area contributed by atoms with Crippen LogP contribution in [0.3, 0.4) is 0 Å². The summed E-state index contributed by atoms with van der Waals surface area (Å²) in [5, 5.41) is 9.41. The molecular formula is C12H15ClN2O4S. The van der Waals surface area contributed by atoms with Gasteiger partial charge in [-0.2, -0.15) is 12.7 Å². The van der Waals surface area contributed by atoms with Gasteiger partial charge in [-0.25, -0.2) is 0 Å². The van der Waals surface area contributed by atoms with Crippen LogP contribution < -0.4 is 4.72 Å². The summed E-state index contributed by atoms with van der Waals surface area (Å²) in [5.41, 5.74) is 0.356. The van der Waals surface area contributed by atoms with E-state index in [-0.39, 0.29) is 6.54 Å². The van der Waals surface area contributed by atoms with Crippen LogP contribution in [0.25, 0.3) is 0 Å². The number of aliphatic carboxylic acids is 1. The van der Waals surface area contributed by atoms with Crippen LogP contribution in [-0.4, -0.2) is 36.9 Å². The smallest absolute Gasteiger partial charge is 0.307 e. The van der Waals surface area contributed by atoms with Crippen LogP contribution >= 0.6 is 11.6 Å². The Kier molecular flexibility index (Phi) is 4.52. The normalized spacial score (nSPS) is 20.6. The molecule has 0 amide bonds. The number of nitrogens with one attached hydrogen (secondary N) is 1. The SMILES string of the molecule is O=C(O)C1CCCN(S(=O)(=O)Nc2cccc(Cl)c2)C1. The first-order chi connectivity index (χ1) is 9.38. The van der Waals surface area contributed by atoms with Crippen molar-refractivity contribution in [1.29, 1.82) is 0 Å². The molecule has 0 saturated carbocycles. The average molecular weight is 319 g/mol. The van der Waals surface area contributed by atoms with E-state index in [1.807, 2.05) is 0 Å². The first-order valence-corrected chi connectivity index (χ1v) is 7.96. The minimum absolute atomic E-state index is 0.00870. The van der Waals surface area contributed by atoms with Gasteiger partial charge in [0, 0.05) is 18.1 Å². The Morgan fingerprint density at radius 1 is 1.45 bits per heavy atom. The number of piperidine rings is 1. The summed E-state index contributed by atoms with van der Waals surface area (Å²) >= 11 is 5.80. The largest absolute Gasteiger partial charge is 0.481 e. The summed E-state index contributed by atoms with van der Waals surface area (Å²) in [4.78, 5) is 11.0. The Morgan fingerprint density at radius 2 is 2.20 bits per heavy atom. The lowest BCUT2D eigenvalue weighted by Crippen LogP contribution is -2.44. The molecule has 1 heterocycles. The van der Waals surface area contributed by atoms with Crippen LogP contribution in [-0.2, 0) is 15.0 Å². The topological polar surface area (TPSA) is 86.7 Å². The Morgan fingerprint density at radius 3 is 2.85 bits per heavy atom. The second kappa shape index (κ2) is 5.99. The quantitative estimate of drug-likeness (QED) is 0.886. The highest BCUT2D eigenvalue weighted by Crippen LogP contribution is 2.22. The molecule has 1 unspecified atom stereocenters. The van der Waals surface area contributed by atoms with E-state index in [2.05, 4.69) is 4.72 Å². The van der Waals surface area contributed by atoms with Crippen molar-refractivity contribution in [3.8, 4) is 0 Å². The van der Waals surface area contributed by atoms with E-state index >= 15 is 0 Å². The molecule has 1 aromatic rings. The van der Waals surface area contributed by atoms with Crippen LogP contribution in [0.2, 0.25) is 5.02 Å². The van der Waals surface area contributed by atoms with Crippen molar-refractivity contribution in [2.24, 2.45) is 5.92 Å². The summed E-state index contributed by atoms with van der Waals surface area (Å²) in [5.74, 6) is -1.62. The third kappa shape index (κ3) is 3.62. The third-order valence-electron chi connectivity index (χ3n) is 3.14. The molecule has 1 aliphatic rings. The molecule has 8 heteroatoms. The summed E-state index contributed by atoms with van der Waals surface area (Å²) in [6, 6.07) is 6.36. The van der Waals surface area contributed by atoms with Crippen molar-refractivity contribution in [2.45, 2.75) is 12.8 Å². The number of rotatable bonds is 4. The Bertz CT molecular complexity index is 605. The number of hydrogen-bond donors (Lipinski definition) is 2. The van der Waals surface area contributed by atoms with Crippen molar-refractivity contribution in [3.05, 3.63) is 29.3 Å². The lowest BCUT2D eigenvalue weighted by atomic mass is 10.0. The zero-order valence-corrected chi connectivity index (χ0v) is 12.2. The van der Waals surface area contributed by atoms with E-state index in [1.54, 1.807) is 18.2 Å².